The molecule has 0 rings (SSSR count). The summed E-state index contributed by atoms with van der Waals surface area (Å²) in [5.74, 6) is -4.69. The number of sulfone groups is 2. The summed E-state index contributed by atoms with van der Waals surface area (Å²) in [6.45, 7) is 7.19. The van der Waals surface area contributed by atoms with Crippen LogP contribution in [0.5, 0.6) is 0 Å². The summed E-state index contributed by atoms with van der Waals surface area (Å²) >= 11 is 0. The number of carbonyl (C=O) groups is 2. The van der Waals surface area contributed by atoms with Gasteiger partial charge in [0.2, 0.25) is 0 Å². The Labute approximate surface area is 164 Å². The van der Waals surface area contributed by atoms with E-state index >= 15 is 0 Å². The number of hydrogen-bond donors (Lipinski definition) is 0. The predicted molar refractivity (Wildman–Crippen MR) is 90.8 cm³/mol. The molecule has 0 aromatic heterocycles. The molecule has 0 atom stereocenters. The standard InChI is InChI=1S/C15H22F6O6S2/c1-12(2,3)10(22)8(11(23)13(4,5)6)7-9(28(24,25)14(16,17)18)29(26,27)15(19,20)21/h8-9H,7H2,1-6H3. The average molecular weight is 476 g/mol. The van der Waals surface area contributed by atoms with E-state index in [2.05, 4.69) is 0 Å². The molecule has 0 N–H and O–H groups in total. The van der Waals surface area contributed by atoms with Gasteiger partial charge in [-0.2, -0.15) is 26.3 Å². The Kier molecular flexibility index (Phi) is 7.50. The maximum absolute atomic E-state index is 12.9. The van der Waals surface area contributed by atoms with Crippen LogP contribution in [-0.2, 0) is 29.3 Å². The van der Waals surface area contributed by atoms with Crippen molar-refractivity contribution in [2.75, 3.05) is 0 Å². The van der Waals surface area contributed by atoms with Crippen LogP contribution in [0.25, 0.3) is 0 Å². The van der Waals surface area contributed by atoms with E-state index in [1.54, 1.807) is 0 Å². The van der Waals surface area contributed by atoms with Gasteiger partial charge in [0.25, 0.3) is 19.7 Å². The lowest BCUT2D eigenvalue weighted by Gasteiger charge is -2.31. The molecule has 0 aromatic carbocycles. The van der Waals surface area contributed by atoms with E-state index in [1.807, 2.05) is 0 Å². The van der Waals surface area contributed by atoms with Crippen LogP contribution < -0.4 is 0 Å². The molecule has 0 spiro atoms. The molecule has 6 nitrogen and oxygen atoms in total. The van der Waals surface area contributed by atoms with Gasteiger partial charge < -0.3 is 0 Å². The molecule has 0 bridgehead atoms. The molecule has 0 radical (unpaired) electrons. The highest BCUT2D eigenvalue weighted by molar-refractivity contribution is 8.09. The highest BCUT2D eigenvalue weighted by Gasteiger charge is 2.64. The average Bonchev–Trinajstić information content (AvgIpc) is 2.41. The van der Waals surface area contributed by atoms with Gasteiger partial charge in [0.1, 0.15) is 11.6 Å². The molecule has 0 aliphatic rings. The first-order valence-corrected chi connectivity index (χ1v) is 11.1. The SMILES string of the molecule is CC(C)(C)C(=O)C(CC(S(=O)(=O)C(F)(F)F)S(=O)(=O)C(F)(F)F)C(=O)C(C)(C)C. The normalized spacial score (nSPS) is 15.1. The highest BCUT2D eigenvalue weighted by Crippen LogP contribution is 2.41. The topological polar surface area (TPSA) is 102 Å². The van der Waals surface area contributed by atoms with Crippen molar-refractivity contribution in [2.45, 2.75) is 63.6 Å². The molecule has 0 aliphatic heterocycles. The van der Waals surface area contributed by atoms with Crippen molar-refractivity contribution in [2.24, 2.45) is 16.7 Å². The highest BCUT2D eigenvalue weighted by atomic mass is 32.3. The lowest BCUT2D eigenvalue weighted by atomic mass is 9.73. The largest absolute Gasteiger partial charge is 0.498 e. The lowest BCUT2D eigenvalue weighted by molar-refractivity contribution is -0.141. The molecule has 0 aliphatic carbocycles. The summed E-state index contributed by atoms with van der Waals surface area (Å²) < 4.78 is 120. The van der Waals surface area contributed by atoms with Crippen LogP contribution in [0.1, 0.15) is 48.0 Å². The molecule has 0 saturated heterocycles. The number of halogens is 6. The van der Waals surface area contributed by atoms with Gasteiger partial charge >= 0.3 is 11.0 Å². The fraction of sp³-hybridized carbons (Fsp3) is 0.867. The van der Waals surface area contributed by atoms with Gasteiger partial charge in [-0.1, -0.05) is 41.5 Å². The summed E-state index contributed by atoms with van der Waals surface area (Å²) in [5, 5.41) is 0. The smallest absolute Gasteiger partial charge is 0.298 e. The number of Topliss-reactive ketones (excluding diaryl/α,β-unsaturated/α-hetero) is 2. The van der Waals surface area contributed by atoms with Crippen LogP contribution in [0.3, 0.4) is 0 Å². The third-order valence-corrected chi connectivity index (χ3v) is 8.46. The van der Waals surface area contributed by atoms with E-state index < -0.39 is 70.0 Å². The lowest BCUT2D eigenvalue weighted by Crippen LogP contribution is -2.49. The van der Waals surface area contributed by atoms with E-state index in [9.17, 15) is 52.8 Å². The number of hydrogen-bond acceptors (Lipinski definition) is 6. The van der Waals surface area contributed by atoms with E-state index in [4.69, 9.17) is 0 Å². The predicted octanol–water partition coefficient (Wildman–Crippen LogP) is 3.42. The summed E-state index contributed by atoms with van der Waals surface area (Å²) in [6.07, 6.45) is -2.00. The maximum atomic E-state index is 12.9. The van der Waals surface area contributed by atoms with E-state index in [0.717, 1.165) is 0 Å². The monoisotopic (exact) mass is 476 g/mol. The molecule has 29 heavy (non-hydrogen) atoms. The third-order valence-electron chi connectivity index (χ3n) is 3.88. The van der Waals surface area contributed by atoms with Crippen molar-refractivity contribution in [1.82, 2.24) is 0 Å². The Hall–Kier alpha value is -1.18. The molecule has 0 fully saturated rings. The first-order valence-electron chi connectivity index (χ1n) is 7.98. The summed E-state index contributed by atoms with van der Waals surface area (Å²) in [5.41, 5.74) is -15.7. The van der Waals surface area contributed by atoms with Crippen LogP contribution in [0.2, 0.25) is 0 Å². The zero-order valence-electron chi connectivity index (χ0n) is 16.4. The van der Waals surface area contributed by atoms with Crippen molar-refractivity contribution < 1.29 is 52.8 Å². The molecule has 0 unspecified atom stereocenters. The molecule has 14 heteroatoms. The second-order valence-electron chi connectivity index (χ2n) is 8.43. The van der Waals surface area contributed by atoms with Gasteiger partial charge in [-0.15, -0.1) is 0 Å². The summed E-state index contributed by atoms with van der Waals surface area (Å²) in [6, 6.07) is 0. The Bertz CT molecular complexity index is 785. The number of ketones is 2. The van der Waals surface area contributed by atoms with Crippen molar-refractivity contribution in [3.8, 4) is 0 Å². The van der Waals surface area contributed by atoms with E-state index in [1.165, 1.54) is 41.5 Å². The molecule has 0 aromatic rings. The van der Waals surface area contributed by atoms with Gasteiger partial charge in [-0.05, 0) is 6.42 Å². The van der Waals surface area contributed by atoms with Crippen molar-refractivity contribution in [3.05, 3.63) is 0 Å². The Morgan fingerprint density at radius 1 is 0.655 bits per heavy atom. The minimum atomic E-state index is -6.94. The van der Waals surface area contributed by atoms with Gasteiger partial charge in [0, 0.05) is 10.8 Å². The zero-order chi connectivity index (χ0) is 24.0. The summed E-state index contributed by atoms with van der Waals surface area (Å²) in [4.78, 5) is 25.1. The number of alkyl halides is 6. The summed E-state index contributed by atoms with van der Waals surface area (Å²) in [7, 11) is -13.9. The minimum Gasteiger partial charge on any atom is -0.298 e. The Balaban J connectivity index is 6.89. The second-order valence-corrected chi connectivity index (χ2v) is 13.0. The van der Waals surface area contributed by atoms with Gasteiger partial charge in [0.15, 0.2) is 4.58 Å². The second kappa shape index (κ2) is 7.82. The first kappa shape index (κ1) is 27.8. The molecule has 172 valence electrons. The molecule has 0 amide bonds. The van der Waals surface area contributed by atoms with E-state index in [-0.39, 0.29) is 0 Å². The van der Waals surface area contributed by atoms with E-state index in [0.29, 0.717) is 0 Å². The van der Waals surface area contributed by atoms with Crippen LogP contribution in [0, 0.1) is 16.7 Å². The molecular formula is C15H22F6O6S2. The number of carbonyl (C=O) groups excluding carboxylic acids is 2. The zero-order valence-corrected chi connectivity index (χ0v) is 18.0. The fourth-order valence-corrected chi connectivity index (χ4v) is 5.77. The van der Waals surface area contributed by atoms with Gasteiger partial charge in [-0.3, -0.25) is 9.59 Å². The van der Waals surface area contributed by atoms with Crippen LogP contribution >= 0.6 is 0 Å². The molecule has 0 saturated carbocycles. The van der Waals surface area contributed by atoms with Gasteiger partial charge in [-0.25, -0.2) is 16.8 Å². The fourth-order valence-electron chi connectivity index (χ4n) is 2.29. The Morgan fingerprint density at radius 3 is 1.07 bits per heavy atom. The van der Waals surface area contributed by atoms with Crippen LogP contribution in [0.15, 0.2) is 0 Å². The minimum absolute atomic E-state index is 1.18. The maximum Gasteiger partial charge on any atom is 0.498 e. The molecule has 0 heterocycles. The first-order chi connectivity index (χ1) is 12.3. The van der Waals surface area contributed by atoms with Gasteiger partial charge in [0.05, 0.1) is 5.92 Å². The van der Waals surface area contributed by atoms with Crippen molar-refractivity contribution in [1.29, 1.82) is 0 Å². The molecular weight excluding hydrogens is 454 g/mol. The van der Waals surface area contributed by atoms with Crippen molar-refractivity contribution >= 4 is 31.2 Å². The van der Waals surface area contributed by atoms with Crippen LogP contribution in [0.4, 0.5) is 26.3 Å². The quantitative estimate of drug-likeness (QED) is 0.430. The Morgan fingerprint density at radius 2 is 0.897 bits per heavy atom. The van der Waals surface area contributed by atoms with Crippen LogP contribution in [-0.4, -0.2) is 44.0 Å². The van der Waals surface area contributed by atoms with Crippen molar-refractivity contribution in [3.63, 3.8) is 0 Å². The third kappa shape index (κ3) is 5.92. The number of rotatable bonds is 6.